The average Bonchev–Trinajstić information content (AvgIpc) is 3.26. The van der Waals surface area contributed by atoms with Crippen LogP contribution in [0.3, 0.4) is 0 Å². The van der Waals surface area contributed by atoms with Gasteiger partial charge in [-0.3, -0.25) is 14.9 Å². The van der Waals surface area contributed by atoms with Gasteiger partial charge < -0.3 is 25.2 Å². The molecule has 2 aromatic rings. The lowest BCUT2D eigenvalue weighted by molar-refractivity contribution is -0.144. The third-order valence-electron chi connectivity index (χ3n) is 4.23. The average molecular weight is 493 g/mol. The lowest BCUT2D eigenvalue weighted by Crippen LogP contribution is -2.52. The summed E-state index contributed by atoms with van der Waals surface area (Å²) >= 11 is 1.21. The van der Waals surface area contributed by atoms with Gasteiger partial charge in [-0.05, 0) is 52.0 Å². The molecule has 0 aliphatic rings. The molecule has 1 aromatic heterocycles. The molecule has 0 saturated heterocycles. The van der Waals surface area contributed by atoms with Gasteiger partial charge in [-0.1, -0.05) is 0 Å². The number of ether oxygens (including phenoxy) is 2. The fourth-order valence-corrected chi connectivity index (χ4v) is 3.41. The summed E-state index contributed by atoms with van der Waals surface area (Å²) in [5, 5.41) is 18.9. The van der Waals surface area contributed by atoms with Crippen LogP contribution in [0.25, 0.3) is 10.6 Å². The van der Waals surface area contributed by atoms with Crippen LogP contribution in [0.1, 0.15) is 38.2 Å². The van der Waals surface area contributed by atoms with Gasteiger partial charge in [-0.15, -0.1) is 11.3 Å². The minimum absolute atomic E-state index is 0.0585. The van der Waals surface area contributed by atoms with E-state index in [0.717, 1.165) is 0 Å². The minimum Gasteiger partial charge on any atom is -0.467 e. The summed E-state index contributed by atoms with van der Waals surface area (Å²) in [6.07, 6.45) is -0.572. The van der Waals surface area contributed by atoms with Gasteiger partial charge in [0.1, 0.15) is 28.4 Å². The van der Waals surface area contributed by atoms with Crippen LogP contribution in [0.2, 0.25) is 0 Å². The molecule has 4 N–H and O–H groups in total. The van der Waals surface area contributed by atoms with Gasteiger partial charge in [0.15, 0.2) is 0 Å². The standard InChI is InChI=1S/C22H28N4O7S/c1-12(20(30)32-5)23-17(28)15(10-27)25-18(29)16-11-34-19(26-16)13-6-8-14(9-7-13)24-21(31)33-22(2,3)4/h6-9,11-12,15,27H,10H2,1-5H3,(H,23,28)(H,24,31)(H,25,29)/t12-,15-/m0/s1. The third-order valence-corrected chi connectivity index (χ3v) is 5.12. The van der Waals surface area contributed by atoms with Crippen molar-refractivity contribution in [1.82, 2.24) is 15.6 Å². The Kier molecular flexibility index (Phi) is 9.10. The van der Waals surface area contributed by atoms with E-state index in [9.17, 15) is 24.3 Å². The van der Waals surface area contributed by atoms with E-state index in [2.05, 4.69) is 25.7 Å². The molecule has 1 heterocycles. The molecule has 0 aliphatic heterocycles. The monoisotopic (exact) mass is 492 g/mol. The summed E-state index contributed by atoms with van der Waals surface area (Å²) < 4.78 is 9.74. The minimum atomic E-state index is -1.28. The van der Waals surface area contributed by atoms with Crippen molar-refractivity contribution in [3.63, 3.8) is 0 Å². The lowest BCUT2D eigenvalue weighted by Gasteiger charge is -2.19. The molecule has 11 nitrogen and oxygen atoms in total. The number of hydrogen-bond acceptors (Lipinski definition) is 9. The molecule has 0 bridgehead atoms. The number of benzene rings is 1. The highest BCUT2D eigenvalue weighted by Crippen LogP contribution is 2.25. The number of amides is 3. The third kappa shape index (κ3) is 7.81. The zero-order valence-electron chi connectivity index (χ0n) is 19.5. The predicted molar refractivity (Wildman–Crippen MR) is 125 cm³/mol. The van der Waals surface area contributed by atoms with Crippen molar-refractivity contribution in [3.8, 4) is 10.6 Å². The quantitative estimate of drug-likeness (QED) is 0.407. The normalized spacial score (nSPS) is 12.8. The number of aliphatic hydroxyl groups excluding tert-OH is 1. The van der Waals surface area contributed by atoms with E-state index in [1.807, 2.05) is 0 Å². The molecule has 1 aromatic carbocycles. The lowest BCUT2D eigenvalue weighted by atomic mass is 10.2. The molecule has 2 rings (SSSR count). The van der Waals surface area contributed by atoms with Crippen LogP contribution in [-0.4, -0.2) is 65.4 Å². The number of aromatic nitrogens is 1. The summed E-state index contributed by atoms with van der Waals surface area (Å²) in [5.74, 6) is -2.06. The predicted octanol–water partition coefficient (Wildman–Crippen LogP) is 1.93. The zero-order valence-corrected chi connectivity index (χ0v) is 20.3. The zero-order chi connectivity index (χ0) is 25.5. The van der Waals surface area contributed by atoms with E-state index in [1.165, 1.54) is 30.8 Å². The van der Waals surface area contributed by atoms with Gasteiger partial charge in [0.2, 0.25) is 5.91 Å². The highest BCUT2D eigenvalue weighted by Gasteiger charge is 2.25. The smallest absolute Gasteiger partial charge is 0.412 e. The maximum absolute atomic E-state index is 12.5. The number of nitrogens with one attached hydrogen (secondary N) is 3. The van der Waals surface area contributed by atoms with Crippen molar-refractivity contribution in [2.75, 3.05) is 19.0 Å². The van der Waals surface area contributed by atoms with Gasteiger partial charge in [0, 0.05) is 16.6 Å². The number of nitrogens with zero attached hydrogens (tertiary/aromatic N) is 1. The second-order valence-corrected chi connectivity index (χ2v) is 9.06. The first-order valence-corrected chi connectivity index (χ1v) is 11.2. The molecule has 0 fully saturated rings. The van der Waals surface area contributed by atoms with Crippen LogP contribution in [0.15, 0.2) is 29.6 Å². The SMILES string of the molecule is COC(=O)[C@H](C)NC(=O)[C@H](CO)NC(=O)c1csc(-c2ccc(NC(=O)OC(C)(C)C)cc2)n1. The summed E-state index contributed by atoms with van der Waals surface area (Å²) in [6, 6.07) is 4.59. The Morgan fingerprint density at radius 3 is 2.32 bits per heavy atom. The maximum Gasteiger partial charge on any atom is 0.412 e. The van der Waals surface area contributed by atoms with Crippen LogP contribution >= 0.6 is 11.3 Å². The van der Waals surface area contributed by atoms with Crippen LogP contribution in [-0.2, 0) is 19.1 Å². The first kappa shape index (κ1) is 26.7. The molecule has 184 valence electrons. The van der Waals surface area contributed by atoms with Crippen molar-refractivity contribution in [2.45, 2.75) is 45.4 Å². The van der Waals surface area contributed by atoms with Crippen molar-refractivity contribution in [1.29, 1.82) is 0 Å². The molecule has 0 spiro atoms. The Labute approximate surface area is 200 Å². The second-order valence-electron chi connectivity index (χ2n) is 8.20. The molecule has 12 heteroatoms. The van der Waals surface area contributed by atoms with Gasteiger partial charge in [0.25, 0.3) is 5.91 Å². The number of aliphatic hydroxyl groups is 1. The van der Waals surface area contributed by atoms with E-state index < -0.39 is 48.2 Å². The fraction of sp³-hybridized carbons (Fsp3) is 0.409. The molecule has 0 aliphatic carbocycles. The second kappa shape index (κ2) is 11.6. The Morgan fingerprint density at radius 2 is 1.76 bits per heavy atom. The van der Waals surface area contributed by atoms with Crippen molar-refractivity contribution >= 4 is 40.9 Å². The fourth-order valence-electron chi connectivity index (χ4n) is 2.60. The van der Waals surface area contributed by atoms with E-state index in [0.29, 0.717) is 16.3 Å². The van der Waals surface area contributed by atoms with E-state index >= 15 is 0 Å². The van der Waals surface area contributed by atoms with Gasteiger partial charge in [0.05, 0.1) is 13.7 Å². The molecule has 3 amide bonds. The van der Waals surface area contributed by atoms with Gasteiger partial charge >= 0.3 is 12.1 Å². The number of rotatable bonds is 8. The van der Waals surface area contributed by atoms with Crippen molar-refractivity contribution < 1.29 is 33.8 Å². The number of carbonyl (C=O) groups is 4. The first-order chi connectivity index (χ1) is 15.9. The van der Waals surface area contributed by atoms with E-state index in [1.54, 1.807) is 45.0 Å². The Bertz CT molecular complexity index is 1030. The Balaban J connectivity index is 2.01. The number of methoxy groups -OCH3 is 1. The molecular weight excluding hydrogens is 464 g/mol. The molecule has 0 saturated carbocycles. The summed E-state index contributed by atoms with van der Waals surface area (Å²) in [5.41, 5.74) is 0.688. The maximum atomic E-state index is 12.5. The number of carbonyl (C=O) groups excluding carboxylic acids is 4. The van der Waals surface area contributed by atoms with Crippen LogP contribution in [0, 0.1) is 0 Å². The molecule has 34 heavy (non-hydrogen) atoms. The number of hydrogen-bond donors (Lipinski definition) is 4. The van der Waals surface area contributed by atoms with Gasteiger partial charge in [-0.2, -0.15) is 0 Å². The van der Waals surface area contributed by atoms with Crippen molar-refractivity contribution in [2.24, 2.45) is 0 Å². The highest BCUT2D eigenvalue weighted by molar-refractivity contribution is 7.13. The molecular formula is C22H28N4O7S. The van der Waals surface area contributed by atoms with Crippen LogP contribution < -0.4 is 16.0 Å². The summed E-state index contributed by atoms with van der Waals surface area (Å²) in [4.78, 5) is 52.3. The molecule has 0 unspecified atom stereocenters. The first-order valence-electron chi connectivity index (χ1n) is 10.3. The Morgan fingerprint density at radius 1 is 1.12 bits per heavy atom. The summed E-state index contributed by atoms with van der Waals surface area (Å²) in [6.45, 7) is 6.05. The number of esters is 1. The topological polar surface area (TPSA) is 156 Å². The summed E-state index contributed by atoms with van der Waals surface area (Å²) in [7, 11) is 1.18. The highest BCUT2D eigenvalue weighted by atomic mass is 32.1. The Hall–Kier alpha value is -3.51. The van der Waals surface area contributed by atoms with Gasteiger partial charge in [-0.25, -0.2) is 14.6 Å². The largest absolute Gasteiger partial charge is 0.467 e. The van der Waals surface area contributed by atoms with Crippen molar-refractivity contribution in [3.05, 3.63) is 35.3 Å². The number of anilines is 1. The van der Waals surface area contributed by atoms with Crippen LogP contribution in [0.5, 0.6) is 0 Å². The molecule has 2 atom stereocenters. The van der Waals surface area contributed by atoms with E-state index in [-0.39, 0.29) is 5.69 Å². The molecule has 0 radical (unpaired) electrons. The van der Waals surface area contributed by atoms with E-state index in [4.69, 9.17) is 4.74 Å². The van der Waals surface area contributed by atoms with Crippen LogP contribution in [0.4, 0.5) is 10.5 Å². The number of thiazole rings is 1.